The predicted octanol–water partition coefficient (Wildman–Crippen LogP) is 3.64. The first-order valence-electron chi connectivity index (χ1n) is 9.80. The van der Waals surface area contributed by atoms with Crippen LogP contribution in [0.1, 0.15) is 50.9 Å². The van der Waals surface area contributed by atoms with Crippen LogP contribution in [0, 0.1) is 17.7 Å². The number of ketones is 1. The van der Waals surface area contributed by atoms with Gasteiger partial charge in [0.1, 0.15) is 10.9 Å². The van der Waals surface area contributed by atoms with Gasteiger partial charge in [0, 0.05) is 6.42 Å². The second-order valence-corrected chi connectivity index (χ2v) is 8.76. The van der Waals surface area contributed by atoms with E-state index in [1.807, 2.05) is 57.5 Å². The molecule has 0 aliphatic carbocycles. The third-order valence-electron chi connectivity index (χ3n) is 5.03. The van der Waals surface area contributed by atoms with Crippen LogP contribution in [-0.4, -0.2) is 39.2 Å². The van der Waals surface area contributed by atoms with E-state index in [4.69, 9.17) is 0 Å². The topological polar surface area (TPSA) is 82.4 Å². The van der Waals surface area contributed by atoms with Crippen molar-refractivity contribution in [1.29, 1.82) is 0 Å². The minimum Gasteiger partial charge on any atom is -0.297 e. The summed E-state index contributed by atoms with van der Waals surface area (Å²) in [6.45, 7) is 7.76. The van der Waals surface area contributed by atoms with E-state index in [9.17, 15) is 14.5 Å². The van der Waals surface area contributed by atoms with Gasteiger partial charge < -0.3 is 0 Å². The summed E-state index contributed by atoms with van der Waals surface area (Å²) in [6, 6.07) is 7.71. The molecule has 0 unspecified atom stereocenters. The molecule has 154 valence electrons. The highest BCUT2D eigenvalue weighted by Crippen LogP contribution is 2.28. The molecule has 1 amide bonds. The molecule has 1 fully saturated rings. The molecule has 2 aromatic rings. The van der Waals surface area contributed by atoms with Crippen LogP contribution < -0.4 is 5.43 Å². The van der Waals surface area contributed by atoms with Gasteiger partial charge in [-0.25, -0.2) is 4.98 Å². The van der Waals surface area contributed by atoms with Crippen LogP contribution in [0.25, 0.3) is 10.4 Å². The van der Waals surface area contributed by atoms with Crippen molar-refractivity contribution in [2.45, 2.75) is 52.7 Å². The van der Waals surface area contributed by atoms with Gasteiger partial charge >= 0.3 is 6.17 Å². The summed E-state index contributed by atoms with van der Waals surface area (Å²) in [5.41, 5.74) is 7.74. The Morgan fingerprint density at radius 1 is 1.31 bits per heavy atom. The number of aryl methyl sites for hydroxylation is 1. The molecule has 7 nitrogen and oxygen atoms in total. The van der Waals surface area contributed by atoms with Crippen molar-refractivity contribution in [1.82, 2.24) is 15.3 Å². The number of rotatable bonds is 7. The zero-order chi connectivity index (χ0) is 21.1. The molecule has 0 saturated carbocycles. The highest BCUT2D eigenvalue weighted by atomic mass is 32.1. The fourth-order valence-electron chi connectivity index (χ4n) is 3.46. The molecule has 1 saturated heterocycles. The van der Waals surface area contributed by atoms with Crippen LogP contribution >= 0.6 is 11.3 Å². The van der Waals surface area contributed by atoms with E-state index in [2.05, 4.69) is 10.4 Å². The lowest BCUT2D eigenvalue weighted by Gasteiger charge is -2.19. The molecule has 1 aliphatic heterocycles. The average molecular weight is 416 g/mol. The van der Waals surface area contributed by atoms with Gasteiger partial charge in [0.05, 0.1) is 34.0 Å². The van der Waals surface area contributed by atoms with Crippen LogP contribution in [0.3, 0.4) is 0 Å². The molecular formula is C21H27N4O3S+. The number of thiazole rings is 1. The van der Waals surface area contributed by atoms with E-state index in [1.54, 1.807) is 11.3 Å². The second kappa shape index (κ2) is 8.82. The molecule has 29 heavy (non-hydrogen) atoms. The molecule has 1 aliphatic rings. The van der Waals surface area contributed by atoms with Crippen molar-refractivity contribution < 1.29 is 14.5 Å². The number of amides is 1. The lowest BCUT2D eigenvalue weighted by molar-refractivity contribution is -0.660. The number of carbonyl (C=O) groups is 2. The number of hydrogen-bond donors (Lipinski definition) is 1. The normalized spacial score (nSPS) is 17.6. The number of aromatic nitrogens is 1. The fraction of sp³-hybridized carbons (Fsp3) is 0.476. The number of nitrogens with zero attached hydrogens (tertiary/aromatic N) is 3. The van der Waals surface area contributed by atoms with Crippen molar-refractivity contribution >= 4 is 23.0 Å². The number of likely N-dealkylation sites (tertiary alicyclic amines) is 1. The SMILES string of the molecule is Cc1ncsc1-c1ccc([C@@H](C)N[N+](=O)[C@H]2CC(=O)CN2C(=O)CC(C)C)cc1. The van der Waals surface area contributed by atoms with Crippen LogP contribution in [0.2, 0.25) is 0 Å². The maximum atomic E-state index is 12.7. The third kappa shape index (κ3) is 4.87. The summed E-state index contributed by atoms with van der Waals surface area (Å²) in [4.78, 5) is 44.5. The molecule has 2 heterocycles. The van der Waals surface area contributed by atoms with E-state index >= 15 is 0 Å². The average Bonchev–Trinajstić information content (AvgIpc) is 3.27. The number of Topliss-reactive ketones (excluding diaryl/α,β-unsaturated/α-hetero) is 1. The Hall–Kier alpha value is -2.61. The second-order valence-electron chi connectivity index (χ2n) is 7.91. The quantitative estimate of drug-likeness (QED) is 0.551. The van der Waals surface area contributed by atoms with E-state index in [0.717, 1.165) is 21.7 Å². The fourth-order valence-corrected chi connectivity index (χ4v) is 4.27. The highest BCUT2D eigenvalue weighted by molar-refractivity contribution is 7.13. The van der Waals surface area contributed by atoms with Crippen molar-refractivity contribution in [2.75, 3.05) is 6.54 Å². The Bertz CT molecular complexity index is 907. The van der Waals surface area contributed by atoms with Crippen LogP contribution in [0.15, 0.2) is 29.8 Å². The number of hydrogen-bond acceptors (Lipinski definition) is 5. The van der Waals surface area contributed by atoms with Gasteiger partial charge in [-0.15, -0.1) is 16.8 Å². The Kier molecular flexibility index (Phi) is 6.42. The van der Waals surface area contributed by atoms with Gasteiger partial charge in [0.2, 0.25) is 5.91 Å². The van der Waals surface area contributed by atoms with Crippen molar-refractivity contribution in [3.63, 3.8) is 0 Å². The van der Waals surface area contributed by atoms with Crippen LogP contribution in [0.5, 0.6) is 0 Å². The lowest BCUT2D eigenvalue weighted by Crippen LogP contribution is -2.47. The monoisotopic (exact) mass is 415 g/mol. The molecule has 8 heteroatoms. The number of carbonyl (C=O) groups excluding carboxylic acids is 2. The van der Waals surface area contributed by atoms with Crippen LogP contribution in [0.4, 0.5) is 0 Å². The lowest BCUT2D eigenvalue weighted by atomic mass is 10.1. The first-order chi connectivity index (χ1) is 13.8. The minimum absolute atomic E-state index is 0.00786. The van der Waals surface area contributed by atoms with Gasteiger partial charge in [-0.1, -0.05) is 38.1 Å². The first kappa shape index (κ1) is 21.1. The summed E-state index contributed by atoms with van der Waals surface area (Å²) < 4.78 is 0. The predicted molar refractivity (Wildman–Crippen MR) is 112 cm³/mol. The maximum Gasteiger partial charge on any atom is 0.318 e. The van der Waals surface area contributed by atoms with Gasteiger partial charge in [-0.05, 0) is 30.9 Å². The zero-order valence-electron chi connectivity index (χ0n) is 17.2. The summed E-state index contributed by atoms with van der Waals surface area (Å²) >= 11 is 1.60. The van der Waals surface area contributed by atoms with Crippen molar-refractivity contribution in [3.05, 3.63) is 45.9 Å². The zero-order valence-corrected chi connectivity index (χ0v) is 18.0. The Morgan fingerprint density at radius 3 is 2.59 bits per heavy atom. The van der Waals surface area contributed by atoms with E-state index < -0.39 is 6.17 Å². The summed E-state index contributed by atoms with van der Waals surface area (Å²) in [7, 11) is 0. The van der Waals surface area contributed by atoms with E-state index in [-0.39, 0.29) is 36.6 Å². The Balaban J connectivity index is 1.67. The summed E-state index contributed by atoms with van der Waals surface area (Å²) in [6.07, 6.45) is -0.419. The summed E-state index contributed by atoms with van der Waals surface area (Å²) in [5, 5.41) is 0. The number of hydrazine groups is 1. The van der Waals surface area contributed by atoms with E-state index in [0.29, 0.717) is 11.3 Å². The van der Waals surface area contributed by atoms with Crippen molar-refractivity contribution in [3.8, 4) is 10.4 Å². The van der Waals surface area contributed by atoms with Crippen molar-refractivity contribution in [2.24, 2.45) is 5.92 Å². The Morgan fingerprint density at radius 2 is 2.00 bits per heavy atom. The molecule has 0 radical (unpaired) electrons. The molecule has 1 aromatic heterocycles. The molecule has 1 aromatic carbocycles. The number of nitroso groups, excluding NO2 is 1. The molecule has 1 N–H and O–H groups in total. The number of benzene rings is 1. The molecule has 0 bridgehead atoms. The molecule has 2 atom stereocenters. The highest BCUT2D eigenvalue weighted by Gasteiger charge is 2.45. The van der Waals surface area contributed by atoms with Crippen LogP contribution in [-0.2, 0) is 9.59 Å². The van der Waals surface area contributed by atoms with E-state index in [1.165, 1.54) is 4.90 Å². The number of nitrogens with one attached hydrogen (secondary N) is 1. The minimum atomic E-state index is -0.796. The smallest absolute Gasteiger partial charge is 0.297 e. The molecular weight excluding hydrogens is 388 g/mol. The van der Waals surface area contributed by atoms with Gasteiger partial charge in [-0.3, -0.25) is 14.5 Å². The first-order valence-corrected chi connectivity index (χ1v) is 10.7. The van der Waals surface area contributed by atoms with Gasteiger partial charge in [-0.2, -0.15) is 0 Å². The van der Waals surface area contributed by atoms with Gasteiger partial charge in [0.15, 0.2) is 5.78 Å². The maximum absolute atomic E-state index is 12.7. The summed E-state index contributed by atoms with van der Waals surface area (Å²) in [5.74, 6) is -0.0753. The largest absolute Gasteiger partial charge is 0.318 e. The Labute approximate surface area is 174 Å². The van der Waals surface area contributed by atoms with Gasteiger partial charge in [0.25, 0.3) is 0 Å². The molecule has 3 rings (SSSR count). The standard InChI is InChI=1S/C21H27N4O3S/c1-13(2)9-20(27)24-11-18(26)10-19(24)25(28)23-14(3)16-5-7-17(8-6-16)21-15(4)22-12-29-21/h5-8,12-14,19H,9-11H2,1-4H3,(H,23,28)/q+1/t14-,19+/m1/s1. The third-order valence-corrected chi connectivity index (χ3v) is 6.01. The molecule has 0 spiro atoms.